The van der Waals surface area contributed by atoms with E-state index in [4.69, 9.17) is 0 Å². The van der Waals surface area contributed by atoms with Gasteiger partial charge in [-0.2, -0.15) is 0 Å². The fourth-order valence-corrected chi connectivity index (χ4v) is 2.93. The van der Waals surface area contributed by atoms with E-state index in [1.165, 1.54) is 36.3 Å². The van der Waals surface area contributed by atoms with Crippen LogP contribution in [0.15, 0.2) is 18.2 Å². The average molecular weight is 265 g/mol. The largest absolute Gasteiger partial charge is 0.360 e. The molecule has 5 heteroatoms. The van der Waals surface area contributed by atoms with Crippen molar-refractivity contribution in [3.63, 3.8) is 0 Å². The quantitative estimate of drug-likeness (QED) is 0.901. The fraction of sp³-hybridized carbons (Fsp3) is 0.462. The zero-order valence-corrected chi connectivity index (χ0v) is 11.1. The van der Waals surface area contributed by atoms with Gasteiger partial charge in [-0.25, -0.2) is 9.37 Å². The molecule has 0 spiro atoms. The van der Waals surface area contributed by atoms with Crippen molar-refractivity contribution in [3.05, 3.63) is 24.0 Å². The van der Waals surface area contributed by atoms with Gasteiger partial charge in [0.1, 0.15) is 5.82 Å². The molecule has 3 nitrogen and oxygen atoms in total. The van der Waals surface area contributed by atoms with Crippen LogP contribution in [0.5, 0.6) is 0 Å². The summed E-state index contributed by atoms with van der Waals surface area (Å²) in [6, 6.07) is 5.50. The number of nitrogens with zero attached hydrogens (tertiary/aromatic N) is 2. The normalized spacial score (nSPS) is 15.5. The van der Waals surface area contributed by atoms with Crippen LogP contribution in [0.4, 0.5) is 9.52 Å². The Morgan fingerprint density at radius 1 is 1.50 bits per heavy atom. The fourth-order valence-electron chi connectivity index (χ4n) is 2.01. The Balaban J connectivity index is 1.60. The summed E-state index contributed by atoms with van der Waals surface area (Å²) in [5.41, 5.74) is 0.861. The smallest absolute Gasteiger partial charge is 0.183 e. The Kier molecular flexibility index (Phi) is 3.18. The first-order valence-corrected chi connectivity index (χ1v) is 7.04. The Morgan fingerprint density at radius 2 is 2.33 bits per heavy atom. The molecule has 0 radical (unpaired) electrons. The van der Waals surface area contributed by atoms with Crippen molar-refractivity contribution in [2.75, 3.05) is 25.5 Å². The van der Waals surface area contributed by atoms with Crippen LogP contribution in [0.2, 0.25) is 0 Å². The molecule has 1 aromatic carbocycles. The molecule has 18 heavy (non-hydrogen) atoms. The molecular formula is C13H16FN3S. The first-order chi connectivity index (χ1) is 8.72. The molecule has 1 aliphatic carbocycles. The minimum absolute atomic E-state index is 0.203. The monoisotopic (exact) mass is 265 g/mol. The predicted octanol–water partition coefficient (Wildman–Crippen LogP) is 2.94. The van der Waals surface area contributed by atoms with Crippen LogP contribution in [0.1, 0.15) is 12.8 Å². The van der Waals surface area contributed by atoms with Gasteiger partial charge >= 0.3 is 0 Å². The number of hydrogen-bond donors (Lipinski definition) is 1. The number of aromatic nitrogens is 1. The van der Waals surface area contributed by atoms with Gasteiger partial charge < -0.3 is 10.2 Å². The molecule has 0 atom stereocenters. The van der Waals surface area contributed by atoms with Crippen molar-refractivity contribution in [2.24, 2.45) is 0 Å². The maximum Gasteiger partial charge on any atom is 0.183 e. The van der Waals surface area contributed by atoms with E-state index in [0.29, 0.717) is 0 Å². The van der Waals surface area contributed by atoms with Crippen molar-refractivity contribution in [2.45, 2.75) is 18.9 Å². The van der Waals surface area contributed by atoms with E-state index in [2.05, 4.69) is 22.2 Å². The highest BCUT2D eigenvalue weighted by atomic mass is 32.1. The van der Waals surface area contributed by atoms with Crippen molar-refractivity contribution < 1.29 is 4.39 Å². The van der Waals surface area contributed by atoms with Crippen LogP contribution in [0, 0.1) is 5.82 Å². The Labute approximate surface area is 110 Å². The van der Waals surface area contributed by atoms with Gasteiger partial charge in [0.05, 0.1) is 10.2 Å². The maximum absolute atomic E-state index is 13.1. The van der Waals surface area contributed by atoms with Crippen LogP contribution in [-0.4, -0.2) is 36.1 Å². The number of rotatable bonds is 5. The molecule has 1 saturated carbocycles. The van der Waals surface area contributed by atoms with Gasteiger partial charge in [-0.15, -0.1) is 0 Å². The number of thiazole rings is 1. The first kappa shape index (κ1) is 11.9. The van der Waals surface area contributed by atoms with Crippen LogP contribution >= 0.6 is 11.3 Å². The zero-order valence-electron chi connectivity index (χ0n) is 10.3. The molecular weight excluding hydrogens is 249 g/mol. The lowest BCUT2D eigenvalue weighted by Gasteiger charge is -2.15. The van der Waals surface area contributed by atoms with Gasteiger partial charge in [0.15, 0.2) is 5.13 Å². The minimum atomic E-state index is -0.203. The van der Waals surface area contributed by atoms with Gasteiger partial charge in [-0.3, -0.25) is 0 Å². The molecule has 0 bridgehead atoms. The lowest BCUT2D eigenvalue weighted by Crippen LogP contribution is -2.26. The molecule has 0 aliphatic heterocycles. The van der Waals surface area contributed by atoms with Crippen LogP contribution in [0.3, 0.4) is 0 Å². The third-order valence-electron chi connectivity index (χ3n) is 3.26. The summed E-state index contributed by atoms with van der Waals surface area (Å²) >= 11 is 1.51. The summed E-state index contributed by atoms with van der Waals surface area (Å²) in [7, 11) is 2.16. The number of likely N-dealkylation sites (N-methyl/N-ethyl adjacent to an activating group) is 1. The summed E-state index contributed by atoms with van der Waals surface area (Å²) in [6.07, 6.45) is 2.66. The SMILES string of the molecule is CN(CCNc1nc2ccc(F)cc2s1)C1CC1. The molecule has 1 N–H and O–H groups in total. The number of nitrogens with one attached hydrogen (secondary N) is 1. The molecule has 96 valence electrons. The Hall–Kier alpha value is -1.20. The van der Waals surface area contributed by atoms with Crippen LogP contribution in [-0.2, 0) is 0 Å². The second-order valence-corrected chi connectivity index (χ2v) is 5.80. The number of hydrogen-bond acceptors (Lipinski definition) is 4. The lowest BCUT2D eigenvalue weighted by molar-refractivity contribution is 0.337. The second kappa shape index (κ2) is 4.82. The number of anilines is 1. The van der Waals surface area contributed by atoms with Crippen molar-refractivity contribution in [1.29, 1.82) is 0 Å². The predicted molar refractivity (Wildman–Crippen MR) is 73.7 cm³/mol. The topological polar surface area (TPSA) is 28.2 Å². The van der Waals surface area contributed by atoms with Crippen molar-refractivity contribution in [3.8, 4) is 0 Å². The standard InChI is InChI=1S/C13H16FN3S/c1-17(10-3-4-10)7-6-15-13-16-11-5-2-9(14)8-12(11)18-13/h2,5,8,10H,3-4,6-7H2,1H3,(H,15,16). The second-order valence-electron chi connectivity index (χ2n) is 4.77. The molecule has 2 aromatic rings. The number of benzene rings is 1. The molecule has 1 aromatic heterocycles. The molecule has 0 amide bonds. The van der Waals surface area contributed by atoms with Gasteiger partial charge in [0.2, 0.25) is 0 Å². The van der Waals surface area contributed by atoms with Crippen molar-refractivity contribution >= 4 is 26.7 Å². The molecule has 1 fully saturated rings. The van der Waals surface area contributed by atoms with Crippen molar-refractivity contribution in [1.82, 2.24) is 9.88 Å². The van der Waals surface area contributed by atoms with E-state index in [1.54, 1.807) is 6.07 Å². The zero-order chi connectivity index (χ0) is 12.5. The van der Waals surface area contributed by atoms with E-state index in [9.17, 15) is 4.39 Å². The summed E-state index contributed by atoms with van der Waals surface area (Å²) < 4.78 is 13.9. The van der Waals surface area contributed by atoms with E-state index in [1.807, 2.05) is 0 Å². The Morgan fingerprint density at radius 3 is 3.11 bits per heavy atom. The van der Waals surface area contributed by atoms with E-state index in [-0.39, 0.29) is 5.82 Å². The van der Waals surface area contributed by atoms with E-state index in [0.717, 1.165) is 34.5 Å². The van der Waals surface area contributed by atoms with Gasteiger partial charge in [-0.05, 0) is 38.1 Å². The third-order valence-corrected chi connectivity index (χ3v) is 4.24. The van der Waals surface area contributed by atoms with Gasteiger partial charge in [0, 0.05) is 19.1 Å². The highest BCUT2D eigenvalue weighted by Crippen LogP contribution is 2.27. The maximum atomic E-state index is 13.1. The summed E-state index contributed by atoms with van der Waals surface area (Å²) in [5.74, 6) is -0.203. The molecule has 0 unspecified atom stereocenters. The van der Waals surface area contributed by atoms with Gasteiger partial charge in [-0.1, -0.05) is 11.3 Å². The summed E-state index contributed by atoms with van der Waals surface area (Å²) in [5, 5.41) is 4.19. The minimum Gasteiger partial charge on any atom is -0.360 e. The lowest BCUT2D eigenvalue weighted by atomic mass is 10.3. The molecule has 3 rings (SSSR count). The van der Waals surface area contributed by atoms with E-state index >= 15 is 0 Å². The average Bonchev–Trinajstić information content (AvgIpc) is 3.11. The summed E-state index contributed by atoms with van der Waals surface area (Å²) in [6.45, 7) is 1.91. The van der Waals surface area contributed by atoms with Crippen LogP contribution < -0.4 is 5.32 Å². The molecule has 1 heterocycles. The van der Waals surface area contributed by atoms with Gasteiger partial charge in [0.25, 0.3) is 0 Å². The Bertz CT molecular complexity index is 550. The highest BCUT2D eigenvalue weighted by molar-refractivity contribution is 7.22. The highest BCUT2D eigenvalue weighted by Gasteiger charge is 2.25. The molecule has 1 aliphatic rings. The van der Waals surface area contributed by atoms with E-state index < -0.39 is 0 Å². The first-order valence-electron chi connectivity index (χ1n) is 6.22. The number of halogens is 1. The summed E-state index contributed by atoms with van der Waals surface area (Å²) in [4.78, 5) is 6.81. The third kappa shape index (κ3) is 2.62. The van der Waals surface area contributed by atoms with Crippen LogP contribution in [0.25, 0.3) is 10.2 Å². The molecule has 0 saturated heterocycles. The number of fused-ring (bicyclic) bond motifs is 1.